The number of amides is 2. The van der Waals surface area contributed by atoms with Crippen molar-refractivity contribution < 1.29 is 9.59 Å². The number of likely N-dealkylation sites (tertiary alicyclic amines) is 1. The molecule has 2 heterocycles. The van der Waals surface area contributed by atoms with E-state index in [1.807, 2.05) is 5.38 Å². The molecule has 3 rings (SSSR count). The zero-order valence-corrected chi connectivity index (χ0v) is 12.9. The third-order valence-electron chi connectivity index (χ3n) is 4.39. The van der Waals surface area contributed by atoms with Crippen LogP contribution in [0.2, 0.25) is 0 Å². The Morgan fingerprint density at radius 3 is 2.67 bits per heavy atom. The number of carbonyl (C=O) groups is 2. The topological polar surface area (TPSA) is 62.3 Å². The van der Waals surface area contributed by atoms with Gasteiger partial charge in [0.15, 0.2) is 0 Å². The molecule has 0 bridgehead atoms. The summed E-state index contributed by atoms with van der Waals surface area (Å²) in [6, 6.07) is -0.249. The van der Waals surface area contributed by atoms with Gasteiger partial charge in [0.25, 0.3) is 0 Å². The molecule has 1 saturated heterocycles. The van der Waals surface area contributed by atoms with Gasteiger partial charge in [0, 0.05) is 18.0 Å². The molecule has 1 aliphatic heterocycles. The van der Waals surface area contributed by atoms with Crippen LogP contribution in [0, 0.1) is 0 Å². The van der Waals surface area contributed by atoms with Gasteiger partial charge in [-0.3, -0.25) is 19.8 Å². The zero-order valence-electron chi connectivity index (χ0n) is 12.1. The number of hydrogen-bond acceptors (Lipinski definition) is 5. The Bertz CT molecular complexity index is 495. The first-order chi connectivity index (χ1) is 10.3. The van der Waals surface area contributed by atoms with Gasteiger partial charge < -0.3 is 0 Å². The molecule has 114 valence electrons. The normalized spacial score (nSPS) is 24.6. The predicted octanol–water partition coefficient (Wildman–Crippen LogP) is 2.08. The highest BCUT2D eigenvalue weighted by atomic mass is 32.1. The molecule has 2 fully saturated rings. The molecular formula is C15H21N3O2S. The minimum Gasteiger partial charge on any atom is -0.300 e. The van der Waals surface area contributed by atoms with Crippen molar-refractivity contribution in [3.8, 4) is 0 Å². The molecule has 5 nitrogen and oxygen atoms in total. The number of nitrogens with zero attached hydrogens (tertiary/aromatic N) is 2. The van der Waals surface area contributed by atoms with E-state index in [0.29, 0.717) is 13.0 Å². The molecule has 6 heteroatoms. The van der Waals surface area contributed by atoms with E-state index in [4.69, 9.17) is 0 Å². The monoisotopic (exact) mass is 307 g/mol. The number of rotatable bonds is 4. The average Bonchev–Trinajstić information content (AvgIpc) is 2.98. The zero-order chi connectivity index (χ0) is 14.7. The number of thiazole rings is 1. The predicted molar refractivity (Wildman–Crippen MR) is 80.7 cm³/mol. The molecule has 0 aromatic carbocycles. The molecule has 1 atom stereocenters. The van der Waals surface area contributed by atoms with Crippen molar-refractivity contribution in [3.63, 3.8) is 0 Å². The number of carbonyl (C=O) groups excluding carboxylic acids is 2. The van der Waals surface area contributed by atoms with E-state index in [1.54, 1.807) is 10.4 Å². The molecule has 1 unspecified atom stereocenters. The molecule has 21 heavy (non-hydrogen) atoms. The molecule has 2 aliphatic rings. The maximum absolute atomic E-state index is 12.5. The number of nitrogens with one attached hydrogen (secondary N) is 1. The lowest BCUT2D eigenvalue weighted by Gasteiger charge is -2.25. The van der Waals surface area contributed by atoms with Crippen molar-refractivity contribution in [2.75, 3.05) is 0 Å². The molecule has 1 aliphatic carbocycles. The van der Waals surface area contributed by atoms with Gasteiger partial charge in [-0.25, -0.2) is 4.98 Å². The molecule has 0 radical (unpaired) electrons. The maximum atomic E-state index is 12.5. The first-order valence-electron chi connectivity index (χ1n) is 7.72. The van der Waals surface area contributed by atoms with E-state index >= 15 is 0 Å². The lowest BCUT2D eigenvalue weighted by atomic mass is 10.1. The second-order valence-electron chi connectivity index (χ2n) is 5.86. The highest BCUT2D eigenvalue weighted by Crippen LogP contribution is 2.26. The average molecular weight is 307 g/mol. The van der Waals surface area contributed by atoms with E-state index < -0.39 is 0 Å². The van der Waals surface area contributed by atoms with Gasteiger partial charge in [-0.15, -0.1) is 11.3 Å². The van der Waals surface area contributed by atoms with E-state index in [-0.39, 0.29) is 23.9 Å². The molecule has 1 N–H and O–H groups in total. The van der Waals surface area contributed by atoms with Crippen LogP contribution >= 0.6 is 11.3 Å². The third-order valence-corrected chi connectivity index (χ3v) is 5.02. The summed E-state index contributed by atoms with van der Waals surface area (Å²) in [5.74, 6) is -0.0511. The fourth-order valence-electron chi connectivity index (χ4n) is 3.26. The smallest absolute Gasteiger partial charge is 0.247 e. The van der Waals surface area contributed by atoms with E-state index in [0.717, 1.165) is 31.4 Å². The Kier molecular flexibility index (Phi) is 4.65. The molecule has 2 amide bonds. The van der Waals surface area contributed by atoms with Crippen LogP contribution in [0.15, 0.2) is 10.9 Å². The van der Waals surface area contributed by atoms with Crippen molar-refractivity contribution >= 4 is 23.2 Å². The molecule has 1 saturated carbocycles. The largest absolute Gasteiger partial charge is 0.300 e. The Labute approximate surface area is 128 Å². The van der Waals surface area contributed by atoms with Gasteiger partial charge in [0.2, 0.25) is 11.8 Å². The van der Waals surface area contributed by atoms with Crippen LogP contribution in [0.25, 0.3) is 0 Å². The minimum absolute atomic E-state index is 0.0114. The fourth-order valence-corrected chi connectivity index (χ4v) is 3.82. The van der Waals surface area contributed by atoms with Crippen molar-refractivity contribution in [3.05, 3.63) is 16.6 Å². The number of aromatic nitrogens is 1. The minimum atomic E-state index is -0.373. The van der Waals surface area contributed by atoms with Crippen LogP contribution in [-0.4, -0.2) is 33.8 Å². The van der Waals surface area contributed by atoms with Crippen molar-refractivity contribution in [1.82, 2.24) is 15.2 Å². The van der Waals surface area contributed by atoms with Crippen molar-refractivity contribution in [2.45, 2.75) is 63.6 Å². The number of hydrogen-bond donors (Lipinski definition) is 1. The van der Waals surface area contributed by atoms with Gasteiger partial charge in [-0.1, -0.05) is 25.7 Å². The van der Waals surface area contributed by atoms with Crippen LogP contribution in [0.1, 0.15) is 50.6 Å². The first kappa shape index (κ1) is 14.7. The molecular weight excluding hydrogens is 286 g/mol. The SMILES string of the molecule is O=C1CC(NCc2cscn2)C(=O)N1C1CCCCCC1. The van der Waals surface area contributed by atoms with Gasteiger partial charge in [0.1, 0.15) is 0 Å². The summed E-state index contributed by atoms with van der Waals surface area (Å²) >= 11 is 1.54. The Morgan fingerprint density at radius 2 is 2.00 bits per heavy atom. The van der Waals surface area contributed by atoms with E-state index in [2.05, 4.69) is 10.3 Å². The third kappa shape index (κ3) is 3.32. The summed E-state index contributed by atoms with van der Waals surface area (Å²) in [6.45, 7) is 0.547. The van der Waals surface area contributed by atoms with Crippen molar-refractivity contribution in [1.29, 1.82) is 0 Å². The number of imide groups is 1. The lowest BCUT2D eigenvalue weighted by Crippen LogP contribution is -2.43. The second-order valence-corrected chi connectivity index (χ2v) is 6.58. The quantitative estimate of drug-likeness (QED) is 0.683. The summed E-state index contributed by atoms with van der Waals surface area (Å²) in [6.07, 6.45) is 6.92. The van der Waals surface area contributed by atoms with Crippen LogP contribution in [0.3, 0.4) is 0 Å². The van der Waals surface area contributed by atoms with Gasteiger partial charge in [-0.05, 0) is 12.8 Å². The lowest BCUT2D eigenvalue weighted by molar-refractivity contribution is -0.141. The molecule has 1 aromatic heterocycles. The van der Waals surface area contributed by atoms with Crippen LogP contribution in [0.5, 0.6) is 0 Å². The first-order valence-corrected chi connectivity index (χ1v) is 8.66. The van der Waals surface area contributed by atoms with E-state index in [9.17, 15) is 9.59 Å². The Balaban J connectivity index is 1.61. The van der Waals surface area contributed by atoms with Crippen LogP contribution in [-0.2, 0) is 16.1 Å². The summed E-state index contributed by atoms with van der Waals surface area (Å²) in [7, 11) is 0. The Morgan fingerprint density at radius 1 is 1.24 bits per heavy atom. The maximum Gasteiger partial charge on any atom is 0.247 e. The molecule has 1 aromatic rings. The summed E-state index contributed by atoms with van der Waals surface area (Å²) < 4.78 is 0. The second kappa shape index (κ2) is 6.66. The van der Waals surface area contributed by atoms with Crippen LogP contribution < -0.4 is 5.32 Å². The standard InChI is InChI=1S/C15H21N3O2S/c19-14-7-13(16-8-11-9-21-10-17-11)15(20)18(14)12-5-3-1-2-4-6-12/h9-10,12-13,16H,1-8H2. The summed E-state index contributed by atoms with van der Waals surface area (Å²) in [5.41, 5.74) is 2.70. The molecule has 0 spiro atoms. The van der Waals surface area contributed by atoms with Gasteiger partial charge in [-0.2, -0.15) is 0 Å². The van der Waals surface area contributed by atoms with Gasteiger partial charge >= 0.3 is 0 Å². The van der Waals surface area contributed by atoms with E-state index in [1.165, 1.54) is 24.2 Å². The van der Waals surface area contributed by atoms with Crippen molar-refractivity contribution in [2.24, 2.45) is 0 Å². The van der Waals surface area contributed by atoms with Crippen LogP contribution in [0.4, 0.5) is 0 Å². The van der Waals surface area contributed by atoms with Gasteiger partial charge in [0.05, 0.1) is 23.7 Å². The Hall–Kier alpha value is -1.27. The summed E-state index contributed by atoms with van der Waals surface area (Å²) in [4.78, 5) is 30.5. The highest BCUT2D eigenvalue weighted by Gasteiger charge is 2.41. The fraction of sp³-hybridized carbons (Fsp3) is 0.667. The summed E-state index contributed by atoms with van der Waals surface area (Å²) in [5, 5.41) is 5.14. The highest BCUT2D eigenvalue weighted by molar-refractivity contribution is 7.07.